The Hall–Kier alpha value is -2.27. The van der Waals surface area contributed by atoms with E-state index in [2.05, 4.69) is 0 Å². The van der Waals surface area contributed by atoms with Crippen LogP contribution in [0.15, 0.2) is 29.1 Å². The fourth-order valence-corrected chi connectivity index (χ4v) is 2.83. The Morgan fingerprint density at radius 3 is 2.60 bits per heavy atom. The number of hydrogen-bond acceptors (Lipinski definition) is 3. The zero-order valence-electron chi connectivity index (χ0n) is 15.2. The average molecular weight is 363 g/mol. The number of carbonyl (C=O) groups is 1. The SMILES string of the molecule is CCOc1ccc(Cl)cc1CN(C)C(=O)c1cc(C)c(C)n(C)c1=O. The van der Waals surface area contributed by atoms with E-state index in [1.165, 1.54) is 9.47 Å². The third-order valence-electron chi connectivity index (χ3n) is 4.28. The van der Waals surface area contributed by atoms with E-state index in [0.717, 1.165) is 16.8 Å². The first kappa shape index (κ1) is 19.1. The smallest absolute Gasteiger partial charge is 0.263 e. The standard InChI is InChI=1S/C19H23ClN2O3/c1-6-25-17-8-7-15(20)10-14(17)11-21(4)18(23)16-9-12(2)13(3)22(5)19(16)24/h7-10H,6,11H2,1-5H3. The summed E-state index contributed by atoms with van der Waals surface area (Å²) in [5.41, 5.74) is 2.41. The predicted molar refractivity (Wildman–Crippen MR) is 99.6 cm³/mol. The highest BCUT2D eigenvalue weighted by Crippen LogP contribution is 2.24. The van der Waals surface area contributed by atoms with Crippen molar-refractivity contribution in [1.29, 1.82) is 0 Å². The molecule has 0 aliphatic heterocycles. The van der Waals surface area contributed by atoms with Crippen molar-refractivity contribution in [3.8, 4) is 5.75 Å². The van der Waals surface area contributed by atoms with Gasteiger partial charge in [-0.1, -0.05) is 11.6 Å². The van der Waals surface area contributed by atoms with Crippen molar-refractivity contribution in [3.05, 3.63) is 62.0 Å². The van der Waals surface area contributed by atoms with Crippen LogP contribution in [0.2, 0.25) is 5.02 Å². The van der Waals surface area contributed by atoms with E-state index >= 15 is 0 Å². The lowest BCUT2D eigenvalue weighted by Gasteiger charge is -2.20. The molecule has 1 aromatic carbocycles. The van der Waals surface area contributed by atoms with Gasteiger partial charge in [-0.25, -0.2) is 0 Å². The molecule has 0 saturated carbocycles. The van der Waals surface area contributed by atoms with E-state index in [9.17, 15) is 9.59 Å². The second kappa shape index (κ2) is 7.74. The van der Waals surface area contributed by atoms with Crippen molar-refractivity contribution in [3.63, 3.8) is 0 Å². The molecule has 0 spiro atoms. The van der Waals surface area contributed by atoms with Crippen molar-refractivity contribution in [1.82, 2.24) is 9.47 Å². The molecule has 134 valence electrons. The Balaban J connectivity index is 2.34. The topological polar surface area (TPSA) is 51.5 Å². The van der Waals surface area contributed by atoms with Crippen LogP contribution in [0, 0.1) is 13.8 Å². The quantitative estimate of drug-likeness (QED) is 0.819. The Labute approximate surface area is 152 Å². The fraction of sp³-hybridized carbons (Fsp3) is 0.368. The Morgan fingerprint density at radius 2 is 1.96 bits per heavy atom. The maximum atomic E-state index is 12.8. The summed E-state index contributed by atoms with van der Waals surface area (Å²) in [5, 5.41) is 0.571. The van der Waals surface area contributed by atoms with Crippen molar-refractivity contribution >= 4 is 17.5 Å². The molecule has 2 rings (SSSR count). The van der Waals surface area contributed by atoms with Crippen molar-refractivity contribution in [2.75, 3.05) is 13.7 Å². The molecule has 2 aromatic rings. The summed E-state index contributed by atoms with van der Waals surface area (Å²) in [6, 6.07) is 6.96. The Bertz CT molecular complexity index is 858. The number of aromatic nitrogens is 1. The zero-order valence-corrected chi connectivity index (χ0v) is 16.0. The number of halogens is 1. The average Bonchev–Trinajstić information content (AvgIpc) is 2.58. The monoisotopic (exact) mass is 362 g/mol. The maximum Gasteiger partial charge on any atom is 0.263 e. The van der Waals surface area contributed by atoms with E-state index < -0.39 is 0 Å². The number of carbonyl (C=O) groups excluding carboxylic acids is 1. The molecule has 1 aromatic heterocycles. The van der Waals surface area contributed by atoms with Gasteiger partial charge in [0.2, 0.25) is 0 Å². The van der Waals surface area contributed by atoms with Crippen LogP contribution >= 0.6 is 11.6 Å². The second-order valence-corrected chi connectivity index (χ2v) is 6.47. The predicted octanol–water partition coefficient (Wildman–Crippen LogP) is 3.33. The summed E-state index contributed by atoms with van der Waals surface area (Å²) < 4.78 is 7.09. The van der Waals surface area contributed by atoms with Gasteiger partial charge in [0, 0.05) is 36.9 Å². The molecule has 0 bridgehead atoms. The highest BCUT2D eigenvalue weighted by Gasteiger charge is 2.19. The first-order valence-electron chi connectivity index (χ1n) is 8.10. The number of nitrogens with zero attached hydrogens (tertiary/aromatic N) is 2. The lowest BCUT2D eigenvalue weighted by atomic mass is 10.1. The van der Waals surface area contributed by atoms with Gasteiger partial charge in [0.05, 0.1) is 6.61 Å². The normalized spacial score (nSPS) is 10.6. The second-order valence-electron chi connectivity index (χ2n) is 6.04. The number of amides is 1. The van der Waals surface area contributed by atoms with Gasteiger partial charge in [-0.2, -0.15) is 0 Å². The van der Waals surface area contributed by atoms with Crippen molar-refractivity contribution in [2.45, 2.75) is 27.3 Å². The summed E-state index contributed by atoms with van der Waals surface area (Å²) in [5.74, 6) is 0.352. The van der Waals surface area contributed by atoms with Gasteiger partial charge >= 0.3 is 0 Å². The summed E-state index contributed by atoms with van der Waals surface area (Å²) in [6.45, 7) is 6.45. The minimum atomic E-state index is -0.328. The van der Waals surface area contributed by atoms with Gasteiger partial charge in [0.15, 0.2) is 0 Å². The van der Waals surface area contributed by atoms with E-state index in [1.807, 2.05) is 20.8 Å². The molecule has 0 N–H and O–H groups in total. The molecule has 0 atom stereocenters. The van der Waals surface area contributed by atoms with Gasteiger partial charge in [0.1, 0.15) is 11.3 Å². The lowest BCUT2D eigenvalue weighted by Crippen LogP contribution is -2.34. The molecule has 0 fully saturated rings. The maximum absolute atomic E-state index is 12.8. The summed E-state index contributed by atoms with van der Waals surface area (Å²) in [4.78, 5) is 26.7. The van der Waals surface area contributed by atoms with E-state index in [-0.39, 0.29) is 17.0 Å². The van der Waals surface area contributed by atoms with Crippen LogP contribution in [-0.2, 0) is 13.6 Å². The minimum absolute atomic E-state index is 0.160. The first-order valence-corrected chi connectivity index (χ1v) is 8.48. The van der Waals surface area contributed by atoms with Gasteiger partial charge in [-0.05, 0) is 50.6 Å². The largest absolute Gasteiger partial charge is 0.494 e. The van der Waals surface area contributed by atoms with E-state index in [4.69, 9.17) is 16.3 Å². The van der Waals surface area contributed by atoms with Crippen LogP contribution in [0.1, 0.15) is 34.1 Å². The summed E-state index contributed by atoms with van der Waals surface area (Å²) >= 11 is 6.07. The molecule has 0 aliphatic rings. The van der Waals surface area contributed by atoms with E-state index in [1.54, 1.807) is 38.4 Å². The number of hydrogen-bond donors (Lipinski definition) is 0. The van der Waals surface area contributed by atoms with Gasteiger partial charge in [-0.3, -0.25) is 9.59 Å². The summed E-state index contributed by atoms with van der Waals surface area (Å²) in [6.07, 6.45) is 0. The van der Waals surface area contributed by atoms with Gasteiger partial charge in [-0.15, -0.1) is 0 Å². The molecule has 5 nitrogen and oxygen atoms in total. The third-order valence-corrected chi connectivity index (χ3v) is 4.51. The molecule has 0 radical (unpaired) electrons. The molecular weight excluding hydrogens is 340 g/mol. The first-order chi connectivity index (χ1) is 11.8. The zero-order chi connectivity index (χ0) is 18.7. The lowest BCUT2D eigenvalue weighted by molar-refractivity contribution is 0.0781. The van der Waals surface area contributed by atoms with E-state index in [0.29, 0.717) is 23.9 Å². The van der Waals surface area contributed by atoms with Crippen LogP contribution in [0.25, 0.3) is 0 Å². The molecule has 0 unspecified atom stereocenters. The highest BCUT2D eigenvalue weighted by molar-refractivity contribution is 6.30. The van der Waals surface area contributed by atoms with Crippen LogP contribution in [-0.4, -0.2) is 29.0 Å². The molecule has 25 heavy (non-hydrogen) atoms. The van der Waals surface area contributed by atoms with Crippen LogP contribution in [0.3, 0.4) is 0 Å². The molecule has 1 amide bonds. The number of ether oxygens (including phenoxy) is 1. The van der Waals surface area contributed by atoms with Crippen LogP contribution in [0.4, 0.5) is 0 Å². The third kappa shape index (κ3) is 4.04. The number of aryl methyl sites for hydroxylation is 1. The molecule has 0 aliphatic carbocycles. The Morgan fingerprint density at radius 1 is 1.28 bits per heavy atom. The molecular formula is C19H23ClN2O3. The van der Waals surface area contributed by atoms with Crippen LogP contribution < -0.4 is 10.3 Å². The molecule has 0 saturated heterocycles. The van der Waals surface area contributed by atoms with Crippen molar-refractivity contribution in [2.24, 2.45) is 7.05 Å². The van der Waals surface area contributed by atoms with Gasteiger partial charge < -0.3 is 14.2 Å². The van der Waals surface area contributed by atoms with Crippen LogP contribution in [0.5, 0.6) is 5.75 Å². The number of benzene rings is 1. The number of pyridine rings is 1. The van der Waals surface area contributed by atoms with Crippen molar-refractivity contribution < 1.29 is 9.53 Å². The highest BCUT2D eigenvalue weighted by atomic mass is 35.5. The summed E-state index contributed by atoms with van der Waals surface area (Å²) in [7, 11) is 3.33. The molecule has 6 heteroatoms. The molecule has 1 heterocycles. The Kier molecular flexibility index (Phi) is 5.90. The van der Waals surface area contributed by atoms with Gasteiger partial charge in [0.25, 0.3) is 11.5 Å². The number of rotatable bonds is 5. The minimum Gasteiger partial charge on any atom is -0.494 e. The fourth-order valence-electron chi connectivity index (χ4n) is 2.63.